The van der Waals surface area contributed by atoms with E-state index < -0.39 is 8.07 Å². The standard InChI is InChI=1S/C24H16NO.C20H20NSi.Ir/c1-16-12-13-25-22(14-16)21-9-5-8-20-19-11-10-18(15-23(19)26-24(20)21)17-6-3-2-4-7-17;1-22(2,3)19-13-14-20(21-15-19)18-11-9-17(10-12-18)16-7-5-4-6-8-16;/h2-8,10-15H,1H3;4-11,13-15H,1-3H3;/q2*-1;. The minimum Gasteiger partial charge on any atom is -0.501 e. The van der Waals surface area contributed by atoms with Gasteiger partial charge in [0.25, 0.3) is 0 Å². The second-order valence-corrected chi connectivity index (χ2v) is 18.1. The number of aryl methyl sites for hydroxylation is 1. The van der Waals surface area contributed by atoms with Crippen molar-refractivity contribution in [3.05, 3.63) is 164 Å². The molecule has 0 spiro atoms. The zero-order valence-electron chi connectivity index (χ0n) is 28.0. The van der Waals surface area contributed by atoms with E-state index in [9.17, 15) is 0 Å². The minimum absolute atomic E-state index is 0. The van der Waals surface area contributed by atoms with Crippen LogP contribution in [0.15, 0.2) is 150 Å². The van der Waals surface area contributed by atoms with E-state index in [2.05, 4.69) is 152 Å². The van der Waals surface area contributed by atoms with Crippen molar-refractivity contribution in [2.75, 3.05) is 0 Å². The van der Waals surface area contributed by atoms with Crippen LogP contribution in [0.25, 0.3) is 66.7 Å². The summed E-state index contributed by atoms with van der Waals surface area (Å²) in [5.41, 5.74) is 11.4. The van der Waals surface area contributed by atoms with Crippen molar-refractivity contribution < 1.29 is 24.5 Å². The van der Waals surface area contributed by atoms with E-state index in [0.717, 1.165) is 50.0 Å². The van der Waals surface area contributed by atoms with E-state index in [-0.39, 0.29) is 20.1 Å². The second-order valence-electron chi connectivity index (χ2n) is 13.0. The first kappa shape index (κ1) is 33.9. The Morgan fingerprint density at radius 3 is 1.96 bits per heavy atom. The average molecular weight is 829 g/mol. The van der Waals surface area contributed by atoms with Crippen LogP contribution in [0.2, 0.25) is 19.6 Å². The molecule has 0 aliphatic heterocycles. The van der Waals surface area contributed by atoms with E-state index in [1.807, 2.05) is 42.7 Å². The first-order valence-corrected chi connectivity index (χ1v) is 19.7. The summed E-state index contributed by atoms with van der Waals surface area (Å²) in [4.78, 5) is 9.13. The van der Waals surface area contributed by atoms with Gasteiger partial charge in [-0.05, 0) is 46.8 Å². The molecule has 8 rings (SSSR count). The fourth-order valence-corrected chi connectivity index (χ4v) is 6.84. The Balaban J connectivity index is 0.000000169. The van der Waals surface area contributed by atoms with Gasteiger partial charge in [0.05, 0.1) is 13.7 Å². The van der Waals surface area contributed by atoms with Gasteiger partial charge in [0.2, 0.25) is 0 Å². The summed E-state index contributed by atoms with van der Waals surface area (Å²) in [5, 5.41) is 3.59. The molecule has 3 aromatic heterocycles. The van der Waals surface area contributed by atoms with E-state index in [4.69, 9.17) is 4.42 Å². The smallest absolute Gasteiger partial charge is 0.121 e. The van der Waals surface area contributed by atoms with E-state index in [1.165, 1.54) is 27.4 Å². The largest absolute Gasteiger partial charge is 0.501 e. The van der Waals surface area contributed by atoms with Gasteiger partial charge in [0.1, 0.15) is 5.58 Å². The van der Waals surface area contributed by atoms with Crippen LogP contribution in [-0.2, 0) is 20.1 Å². The number of hydrogen-bond donors (Lipinski definition) is 0. The summed E-state index contributed by atoms with van der Waals surface area (Å²) in [6.45, 7) is 9.08. The molecule has 0 saturated heterocycles. The fraction of sp³-hybridized carbons (Fsp3) is 0.0909. The number of aromatic nitrogens is 2. The Bertz CT molecular complexity index is 2310. The van der Waals surface area contributed by atoms with Crippen LogP contribution >= 0.6 is 0 Å². The van der Waals surface area contributed by atoms with Crippen molar-refractivity contribution >= 4 is 35.2 Å². The third kappa shape index (κ3) is 7.55. The summed E-state index contributed by atoms with van der Waals surface area (Å²) in [6, 6.07) is 52.4. The van der Waals surface area contributed by atoms with Gasteiger partial charge in [0.15, 0.2) is 0 Å². The quantitative estimate of drug-likeness (QED) is 0.128. The van der Waals surface area contributed by atoms with Gasteiger partial charge in [-0.15, -0.1) is 48.0 Å². The number of rotatable bonds is 5. The Morgan fingerprint density at radius 2 is 1.33 bits per heavy atom. The normalized spacial score (nSPS) is 11.1. The maximum Gasteiger partial charge on any atom is 0.121 e. The molecule has 5 heteroatoms. The zero-order chi connectivity index (χ0) is 33.1. The van der Waals surface area contributed by atoms with Gasteiger partial charge in [-0.3, -0.25) is 0 Å². The first-order chi connectivity index (χ1) is 23.3. The molecular weight excluding hydrogens is 793 g/mol. The molecule has 0 fully saturated rings. The second kappa shape index (κ2) is 14.7. The molecule has 0 saturated carbocycles. The van der Waals surface area contributed by atoms with Crippen molar-refractivity contribution in [2.45, 2.75) is 26.6 Å². The van der Waals surface area contributed by atoms with Crippen LogP contribution in [0.3, 0.4) is 0 Å². The Morgan fingerprint density at radius 1 is 0.612 bits per heavy atom. The first-order valence-electron chi connectivity index (χ1n) is 16.2. The molecule has 3 nitrogen and oxygen atoms in total. The Labute approximate surface area is 303 Å². The monoisotopic (exact) mass is 829 g/mol. The van der Waals surface area contributed by atoms with Gasteiger partial charge >= 0.3 is 0 Å². The number of pyridine rings is 2. The number of benzene rings is 5. The molecule has 1 radical (unpaired) electrons. The van der Waals surface area contributed by atoms with E-state index >= 15 is 0 Å². The molecular formula is C44H36IrN2OSi-2. The number of fused-ring (bicyclic) bond motifs is 3. The molecule has 0 N–H and O–H groups in total. The van der Waals surface area contributed by atoms with Crippen LogP contribution in [0, 0.1) is 19.1 Å². The van der Waals surface area contributed by atoms with Crippen molar-refractivity contribution in [3.8, 4) is 44.8 Å². The molecule has 0 atom stereocenters. The van der Waals surface area contributed by atoms with Crippen LogP contribution in [0.5, 0.6) is 0 Å². The van der Waals surface area contributed by atoms with Crippen molar-refractivity contribution in [3.63, 3.8) is 0 Å². The van der Waals surface area contributed by atoms with Crippen LogP contribution in [0.4, 0.5) is 0 Å². The topological polar surface area (TPSA) is 38.9 Å². The number of hydrogen-bond acceptors (Lipinski definition) is 3. The molecule has 3 heterocycles. The Hall–Kier alpha value is -4.93. The number of nitrogens with zero attached hydrogens (tertiary/aromatic N) is 2. The maximum absolute atomic E-state index is 6.27. The zero-order valence-corrected chi connectivity index (χ0v) is 31.4. The van der Waals surface area contributed by atoms with Crippen molar-refractivity contribution in [2.24, 2.45) is 0 Å². The van der Waals surface area contributed by atoms with Gasteiger partial charge in [0, 0.05) is 37.9 Å². The van der Waals surface area contributed by atoms with Gasteiger partial charge in [-0.2, -0.15) is 0 Å². The van der Waals surface area contributed by atoms with Gasteiger partial charge < -0.3 is 14.4 Å². The molecule has 0 bridgehead atoms. The summed E-state index contributed by atoms with van der Waals surface area (Å²) in [5.74, 6) is 0. The summed E-state index contributed by atoms with van der Waals surface area (Å²) in [7, 11) is -1.28. The van der Waals surface area contributed by atoms with Gasteiger partial charge in [-0.1, -0.05) is 138 Å². The van der Waals surface area contributed by atoms with Crippen molar-refractivity contribution in [1.29, 1.82) is 0 Å². The summed E-state index contributed by atoms with van der Waals surface area (Å²) >= 11 is 0. The SMILES string of the molecule is C[Si](C)(C)c1ccc(-c2[c-]cc(-c3ccccc3)cc2)nc1.Cc1ccnc(-c2[c-]ccc3c2oc2cc(-c4ccccc4)ccc23)c1.[Ir]. The molecule has 49 heavy (non-hydrogen) atoms. The predicted molar refractivity (Wildman–Crippen MR) is 203 cm³/mol. The summed E-state index contributed by atoms with van der Waals surface area (Å²) in [6.07, 6.45) is 3.86. The van der Waals surface area contributed by atoms with Crippen LogP contribution < -0.4 is 5.19 Å². The predicted octanol–water partition coefficient (Wildman–Crippen LogP) is 11.2. The van der Waals surface area contributed by atoms with Crippen molar-refractivity contribution in [1.82, 2.24) is 9.97 Å². The Kier molecular flexibility index (Phi) is 10.2. The van der Waals surface area contributed by atoms with Crippen LogP contribution in [0.1, 0.15) is 5.56 Å². The van der Waals surface area contributed by atoms with Gasteiger partial charge in [-0.25, -0.2) is 0 Å². The van der Waals surface area contributed by atoms with Crippen LogP contribution in [-0.4, -0.2) is 18.0 Å². The molecule has 8 aromatic rings. The van der Waals surface area contributed by atoms with E-state index in [0.29, 0.717) is 0 Å². The van der Waals surface area contributed by atoms with E-state index in [1.54, 1.807) is 0 Å². The average Bonchev–Trinajstić information content (AvgIpc) is 3.51. The molecule has 0 amide bonds. The third-order valence-corrected chi connectivity index (χ3v) is 10.6. The number of furan rings is 1. The molecule has 243 valence electrons. The summed E-state index contributed by atoms with van der Waals surface area (Å²) < 4.78 is 6.27. The minimum atomic E-state index is -1.28. The maximum atomic E-state index is 6.27. The fourth-order valence-electron chi connectivity index (χ4n) is 5.81. The molecule has 5 aromatic carbocycles. The molecule has 0 aliphatic carbocycles. The molecule has 0 unspecified atom stereocenters. The molecule has 0 aliphatic rings. The third-order valence-electron chi connectivity index (χ3n) is 8.54.